The Morgan fingerprint density at radius 2 is 1.83 bits per heavy atom. The first-order chi connectivity index (χ1) is 16.7. The zero-order chi connectivity index (χ0) is 25.5. The predicted octanol–water partition coefficient (Wildman–Crippen LogP) is 3.68. The lowest BCUT2D eigenvalue weighted by atomic mass is 10.0. The molecule has 1 heterocycles. The van der Waals surface area contributed by atoms with Gasteiger partial charge in [-0.25, -0.2) is 0 Å². The first-order valence-corrected chi connectivity index (χ1v) is 12.0. The smallest absolute Gasteiger partial charge is 0.257 e. The summed E-state index contributed by atoms with van der Waals surface area (Å²) in [5, 5.41) is 2.85. The highest BCUT2D eigenvalue weighted by Crippen LogP contribution is 2.27. The van der Waals surface area contributed by atoms with Gasteiger partial charge in [-0.05, 0) is 37.3 Å². The number of amides is 3. The number of likely N-dealkylation sites (N-methyl/N-ethyl adjacent to an activating group) is 1. The summed E-state index contributed by atoms with van der Waals surface area (Å²) in [7, 11) is 3.33. The molecule has 0 saturated carbocycles. The largest absolute Gasteiger partial charge is 0.491 e. The van der Waals surface area contributed by atoms with Gasteiger partial charge < -0.3 is 24.6 Å². The van der Waals surface area contributed by atoms with Crippen LogP contribution in [0.1, 0.15) is 47.9 Å². The molecule has 8 nitrogen and oxygen atoms in total. The number of anilines is 1. The Morgan fingerprint density at radius 1 is 1.11 bits per heavy atom. The average molecular weight is 482 g/mol. The van der Waals surface area contributed by atoms with Gasteiger partial charge in [-0.1, -0.05) is 32.0 Å². The van der Waals surface area contributed by atoms with Gasteiger partial charge in [-0.3, -0.25) is 14.4 Å². The molecule has 0 fully saturated rings. The maximum Gasteiger partial charge on any atom is 0.257 e. The minimum absolute atomic E-state index is 0.00333. The summed E-state index contributed by atoms with van der Waals surface area (Å²) in [6.45, 7) is 6.89. The Balaban J connectivity index is 1.94. The van der Waals surface area contributed by atoms with E-state index in [9.17, 15) is 14.4 Å². The summed E-state index contributed by atoms with van der Waals surface area (Å²) in [5.74, 6) is -0.0548. The van der Waals surface area contributed by atoms with Gasteiger partial charge in [0.1, 0.15) is 12.4 Å². The Labute approximate surface area is 207 Å². The molecular formula is C27H35N3O5. The van der Waals surface area contributed by atoms with Crippen LogP contribution in [0.3, 0.4) is 0 Å². The van der Waals surface area contributed by atoms with Gasteiger partial charge in [0.05, 0.1) is 17.7 Å². The highest BCUT2D eigenvalue weighted by atomic mass is 16.5. The second-order valence-corrected chi connectivity index (χ2v) is 9.03. The Kier molecular flexibility index (Phi) is 8.87. The van der Waals surface area contributed by atoms with Crippen molar-refractivity contribution in [2.45, 2.75) is 39.3 Å². The van der Waals surface area contributed by atoms with Gasteiger partial charge in [-0.2, -0.15) is 0 Å². The standard InChI is InChI=1S/C27H35N3O5/c1-6-25(31)30-15-18(2)24(34-5)16-29(4)27(33)22-14-21(12-13-23(22)35-17-19(30)3)28-26(32)20-10-8-7-9-11-20/h7-14,18-19,24H,6,15-17H2,1-5H3,(H,28,32)/t18-,19-,24-/m0/s1. The number of nitrogens with one attached hydrogen (secondary N) is 1. The molecule has 0 unspecified atom stereocenters. The van der Waals surface area contributed by atoms with Gasteiger partial charge >= 0.3 is 0 Å². The van der Waals surface area contributed by atoms with Crippen LogP contribution >= 0.6 is 0 Å². The molecule has 0 bridgehead atoms. The SMILES string of the molecule is CCC(=O)N1C[C@H](C)[C@@H](OC)CN(C)C(=O)c2cc(NC(=O)c3ccccc3)ccc2OC[C@@H]1C. The lowest BCUT2D eigenvalue weighted by molar-refractivity contribution is -0.135. The van der Waals surface area contributed by atoms with Crippen molar-refractivity contribution in [1.29, 1.82) is 0 Å². The number of nitrogens with zero attached hydrogens (tertiary/aromatic N) is 2. The molecular weight excluding hydrogens is 446 g/mol. The van der Waals surface area contributed by atoms with Crippen LogP contribution in [-0.2, 0) is 9.53 Å². The second kappa shape index (κ2) is 11.8. The van der Waals surface area contributed by atoms with Crippen LogP contribution in [0.5, 0.6) is 5.75 Å². The molecule has 0 saturated heterocycles. The van der Waals surface area contributed by atoms with E-state index in [1.807, 2.05) is 31.7 Å². The molecule has 1 N–H and O–H groups in total. The van der Waals surface area contributed by atoms with Crippen molar-refractivity contribution in [3.05, 3.63) is 59.7 Å². The summed E-state index contributed by atoms with van der Waals surface area (Å²) >= 11 is 0. The number of methoxy groups -OCH3 is 1. The van der Waals surface area contributed by atoms with E-state index in [2.05, 4.69) is 5.32 Å². The third-order valence-corrected chi connectivity index (χ3v) is 6.36. The molecule has 3 rings (SSSR count). The number of benzene rings is 2. The molecule has 188 valence electrons. The first kappa shape index (κ1) is 26.2. The van der Waals surface area contributed by atoms with Crippen molar-refractivity contribution in [2.75, 3.05) is 39.2 Å². The third kappa shape index (κ3) is 6.39. The summed E-state index contributed by atoms with van der Waals surface area (Å²) in [5.41, 5.74) is 1.34. The van der Waals surface area contributed by atoms with Gasteiger partial charge in [0, 0.05) is 50.8 Å². The summed E-state index contributed by atoms with van der Waals surface area (Å²) in [4.78, 5) is 42.2. The lowest BCUT2D eigenvalue weighted by Crippen LogP contribution is -2.48. The maximum absolute atomic E-state index is 13.4. The molecule has 2 aromatic carbocycles. The average Bonchev–Trinajstić information content (AvgIpc) is 2.88. The molecule has 35 heavy (non-hydrogen) atoms. The van der Waals surface area contributed by atoms with Crippen molar-refractivity contribution in [2.24, 2.45) is 5.92 Å². The normalized spacial score (nSPS) is 21.3. The van der Waals surface area contributed by atoms with Crippen molar-refractivity contribution in [3.8, 4) is 5.75 Å². The molecule has 8 heteroatoms. The number of carbonyl (C=O) groups is 3. The summed E-state index contributed by atoms with van der Waals surface area (Å²) in [6.07, 6.45) is 0.141. The minimum Gasteiger partial charge on any atom is -0.491 e. The van der Waals surface area contributed by atoms with Crippen LogP contribution in [0.4, 0.5) is 5.69 Å². The number of ether oxygens (including phenoxy) is 2. The third-order valence-electron chi connectivity index (χ3n) is 6.36. The van der Waals surface area contributed by atoms with Gasteiger partial charge in [0.25, 0.3) is 11.8 Å². The predicted molar refractivity (Wildman–Crippen MR) is 135 cm³/mol. The zero-order valence-electron chi connectivity index (χ0n) is 21.1. The number of hydrogen-bond acceptors (Lipinski definition) is 5. The topological polar surface area (TPSA) is 88.2 Å². The fourth-order valence-electron chi connectivity index (χ4n) is 4.20. The number of fused-ring (bicyclic) bond motifs is 1. The van der Waals surface area contributed by atoms with E-state index >= 15 is 0 Å². The molecule has 0 spiro atoms. The van der Waals surface area contributed by atoms with Gasteiger partial charge in [0.15, 0.2) is 0 Å². The van der Waals surface area contributed by atoms with Crippen molar-refractivity contribution >= 4 is 23.4 Å². The lowest BCUT2D eigenvalue weighted by Gasteiger charge is -2.36. The van der Waals surface area contributed by atoms with E-state index < -0.39 is 0 Å². The fraction of sp³-hybridized carbons (Fsp3) is 0.444. The van der Waals surface area contributed by atoms with Crippen LogP contribution in [0.15, 0.2) is 48.5 Å². The van der Waals surface area contributed by atoms with E-state index in [-0.39, 0.29) is 42.4 Å². The van der Waals surface area contributed by atoms with Crippen LogP contribution in [0.2, 0.25) is 0 Å². The van der Waals surface area contributed by atoms with Crippen molar-refractivity contribution in [3.63, 3.8) is 0 Å². The van der Waals surface area contributed by atoms with Crippen LogP contribution in [0.25, 0.3) is 0 Å². The maximum atomic E-state index is 13.4. The first-order valence-electron chi connectivity index (χ1n) is 12.0. The molecule has 0 aromatic heterocycles. The van der Waals surface area contributed by atoms with E-state index in [0.29, 0.717) is 42.1 Å². The Morgan fingerprint density at radius 3 is 2.49 bits per heavy atom. The van der Waals surface area contributed by atoms with Crippen molar-refractivity contribution < 1.29 is 23.9 Å². The number of carbonyl (C=O) groups excluding carboxylic acids is 3. The number of hydrogen-bond donors (Lipinski definition) is 1. The molecule has 1 aliphatic heterocycles. The van der Waals surface area contributed by atoms with Crippen LogP contribution in [-0.4, -0.2) is 73.5 Å². The van der Waals surface area contributed by atoms with Crippen LogP contribution < -0.4 is 10.1 Å². The van der Waals surface area contributed by atoms with E-state index in [4.69, 9.17) is 9.47 Å². The van der Waals surface area contributed by atoms with Crippen LogP contribution in [0, 0.1) is 5.92 Å². The Bertz CT molecular complexity index is 1040. The Hall–Kier alpha value is -3.39. The molecule has 3 atom stereocenters. The molecule has 0 radical (unpaired) electrons. The zero-order valence-corrected chi connectivity index (χ0v) is 21.1. The van der Waals surface area contributed by atoms with E-state index in [0.717, 1.165) is 0 Å². The highest BCUT2D eigenvalue weighted by molar-refractivity contribution is 6.05. The van der Waals surface area contributed by atoms with E-state index in [1.54, 1.807) is 61.5 Å². The van der Waals surface area contributed by atoms with Gasteiger partial charge in [0.2, 0.25) is 5.91 Å². The summed E-state index contributed by atoms with van der Waals surface area (Å²) in [6, 6.07) is 13.7. The molecule has 2 aromatic rings. The molecule has 3 amide bonds. The molecule has 0 aliphatic carbocycles. The second-order valence-electron chi connectivity index (χ2n) is 9.03. The van der Waals surface area contributed by atoms with Crippen molar-refractivity contribution in [1.82, 2.24) is 9.80 Å². The quantitative estimate of drug-likeness (QED) is 0.720. The van der Waals surface area contributed by atoms with E-state index in [1.165, 1.54) is 0 Å². The molecule has 1 aliphatic rings. The monoisotopic (exact) mass is 481 g/mol. The number of rotatable bonds is 4. The fourth-order valence-corrected chi connectivity index (χ4v) is 4.20. The summed E-state index contributed by atoms with van der Waals surface area (Å²) < 4.78 is 11.8. The van der Waals surface area contributed by atoms with Gasteiger partial charge in [-0.15, -0.1) is 0 Å². The highest BCUT2D eigenvalue weighted by Gasteiger charge is 2.30. The minimum atomic E-state index is -0.268.